The van der Waals surface area contributed by atoms with Crippen molar-refractivity contribution in [2.45, 2.75) is 50.9 Å². The number of amides is 2. The lowest BCUT2D eigenvalue weighted by Crippen LogP contribution is -2.57. The highest BCUT2D eigenvalue weighted by molar-refractivity contribution is 5.77. The van der Waals surface area contributed by atoms with Crippen molar-refractivity contribution in [3.05, 3.63) is 18.0 Å². The molecule has 1 aromatic rings. The molecule has 6 nitrogen and oxygen atoms in total. The highest BCUT2D eigenvalue weighted by Gasteiger charge is 2.47. The first-order valence-electron chi connectivity index (χ1n) is 7.78. The Morgan fingerprint density at radius 2 is 2.08 bits per heavy atom. The van der Waals surface area contributed by atoms with Crippen molar-refractivity contribution < 1.29 is 22.8 Å². The number of hydrogen-bond donors (Lipinski definition) is 1. The van der Waals surface area contributed by atoms with E-state index in [0.717, 1.165) is 17.5 Å². The Morgan fingerprint density at radius 3 is 2.62 bits per heavy atom. The molecule has 1 fully saturated rings. The first-order chi connectivity index (χ1) is 11.2. The molecular weight excluding hydrogens is 325 g/mol. The van der Waals surface area contributed by atoms with E-state index in [1.807, 2.05) is 0 Å². The van der Waals surface area contributed by atoms with Crippen molar-refractivity contribution in [2.75, 3.05) is 6.54 Å². The van der Waals surface area contributed by atoms with Gasteiger partial charge >= 0.3 is 6.18 Å². The Balaban J connectivity index is 1.88. The summed E-state index contributed by atoms with van der Waals surface area (Å²) in [6.07, 6.45) is -2.09. The van der Waals surface area contributed by atoms with Crippen molar-refractivity contribution in [1.82, 2.24) is 20.0 Å². The van der Waals surface area contributed by atoms with Gasteiger partial charge in [-0.25, -0.2) is 0 Å². The van der Waals surface area contributed by atoms with Gasteiger partial charge in [-0.3, -0.25) is 14.3 Å². The zero-order valence-corrected chi connectivity index (χ0v) is 13.6. The Bertz CT molecular complexity index is 600. The molecule has 0 bridgehead atoms. The minimum atomic E-state index is -4.44. The third-order valence-electron chi connectivity index (χ3n) is 4.26. The van der Waals surface area contributed by atoms with E-state index < -0.39 is 24.2 Å². The summed E-state index contributed by atoms with van der Waals surface area (Å²) in [5.41, 5.74) is 0.899. The van der Waals surface area contributed by atoms with Crippen molar-refractivity contribution >= 4 is 11.8 Å². The van der Waals surface area contributed by atoms with Gasteiger partial charge in [-0.15, -0.1) is 0 Å². The summed E-state index contributed by atoms with van der Waals surface area (Å²) < 4.78 is 40.6. The van der Waals surface area contributed by atoms with E-state index in [-0.39, 0.29) is 31.7 Å². The summed E-state index contributed by atoms with van der Waals surface area (Å²) in [6.45, 7) is 1.00. The minimum Gasteiger partial charge on any atom is -0.352 e. The summed E-state index contributed by atoms with van der Waals surface area (Å²) in [5.74, 6) is -0.874. The van der Waals surface area contributed by atoms with Crippen LogP contribution in [-0.4, -0.2) is 51.3 Å². The van der Waals surface area contributed by atoms with Gasteiger partial charge in [0.2, 0.25) is 11.8 Å². The van der Waals surface area contributed by atoms with Crippen LogP contribution in [0.4, 0.5) is 13.2 Å². The molecule has 0 spiro atoms. The molecule has 0 aromatic carbocycles. The van der Waals surface area contributed by atoms with Gasteiger partial charge in [0.05, 0.1) is 0 Å². The quantitative estimate of drug-likeness (QED) is 0.896. The highest BCUT2D eigenvalue weighted by Crippen LogP contribution is 2.32. The third kappa shape index (κ3) is 4.48. The molecule has 1 aliphatic rings. The molecule has 0 aliphatic carbocycles. The molecule has 2 rings (SSSR count). The standard InChI is InChI=1S/C15H21F3N4O2/c1-10(23)22-9-11(3-5-13(22)15(16,17)18)20-14(24)6-4-12-7-8-19-21(12)2/h7-8,11,13H,3-6,9H2,1-2H3,(H,20,24). The topological polar surface area (TPSA) is 67.2 Å². The smallest absolute Gasteiger partial charge is 0.352 e. The number of carbonyl (C=O) groups is 2. The lowest BCUT2D eigenvalue weighted by molar-refractivity contribution is -0.196. The normalized spacial score (nSPS) is 21.6. The molecule has 2 amide bonds. The molecule has 2 unspecified atom stereocenters. The van der Waals surface area contributed by atoms with Crippen LogP contribution in [0.2, 0.25) is 0 Å². The van der Waals surface area contributed by atoms with Crippen molar-refractivity contribution in [2.24, 2.45) is 7.05 Å². The molecule has 0 saturated carbocycles. The van der Waals surface area contributed by atoms with Gasteiger partial charge in [0, 0.05) is 44.9 Å². The van der Waals surface area contributed by atoms with Crippen molar-refractivity contribution in [3.8, 4) is 0 Å². The molecule has 1 saturated heterocycles. The van der Waals surface area contributed by atoms with Gasteiger partial charge in [0.15, 0.2) is 0 Å². The summed E-state index contributed by atoms with van der Waals surface area (Å²) in [5, 5.41) is 6.73. The van der Waals surface area contributed by atoms with Gasteiger partial charge in [-0.1, -0.05) is 0 Å². The van der Waals surface area contributed by atoms with E-state index in [9.17, 15) is 22.8 Å². The predicted molar refractivity (Wildman–Crippen MR) is 79.9 cm³/mol. The number of piperidine rings is 1. The summed E-state index contributed by atoms with van der Waals surface area (Å²) >= 11 is 0. The maximum atomic E-state index is 13.0. The van der Waals surface area contributed by atoms with Gasteiger partial charge in [-0.2, -0.15) is 18.3 Å². The molecular formula is C15H21F3N4O2. The molecule has 9 heteroatoms. The molecule has 1 N–H and O–H groups in total. The van der Waals surface area contributed by atoms with E-state index in [0.29, 0.717) is 6.42 Å². The van der Waals surface area contributed by atoms with E-state index in [2.05, 4.69) is 10.4 Å². The number of alkyl halides is 3. The molecule has 1 aliphatic heterocycles. The maximum Gasteiger partial charge on any atom is 0.408 e. The van der Waals surface area contributed by atoms with Crippen LogP contribution in [0.3, 0.4) is 0 Å². The number of hydrogen-bond acceptors (Lipinski definition) is 3. The van der Waals surface area contributed by atoms with Crippen LogP contribution in [0.15, 0.2) is 12.3 Å². The Morgan fingerprint density at radius 1 is 1.38 bits per heavy atom. The molecule has 0 radical (unpaired) electrons. The van der Waals surface area contributed by atoms with Crippen LogP contribution in [0.5, 0.6) is 0 Å². The zero-order chi connectivity index (χ0) is 17.9. The Labute approximate surface area is 138 Å². The first-order valence-corrected chi connectivity index (χ1v) is 7.78. The summed E-state index contributed by atoms with van der Waals surface area (Å²) in [7, 11) is 1.77. The van der Waals surface area contributed by atoms with Gasteiger partial charge < -0.3 is 10.2 Å². The molecule has 134 valence electrons. The van der Waals surface area contributed by atoms with Crippen LogP contribution in [-0.2, 0) is 23.1 Å². The fourth-order valence-electron chi connectivity index (χ4n) is 2.97. The molecule has 1 aromatic heterocycles. The van der Waals surface area contributed by atoms with Gasteiger partial charge in [-0.05, 0) is 25.3 Å². The van der Waals surface area contributed by atoms with Crippen molar-refractivity contribution in [3.63, 3.8) is 0 Å². The van der Waals surface area contributed by atoms with E-state index >= 15 is 0 Å². The lowest BCUT2D eigenvalue weighted by atomic mass is 9.97. The average Bonchev–Trinajstić information content (AvgIpc) is 2.89. The second-order valence-corrected chi connectivity index (χ2v) is 6.02. The van der Waals surface area contributed by atoms with E-state index in [1.54, 1.807) is 24.0 Å². The number of aromatic nitrogens is 2. The van der Waals surface area contributed by atoms with Crippen molar-refractivity contribution in [1.29, 1.82) is 0 Å². The SMILES string of the molecule is CC(=O)N1CC(NC(=O)CCc2ccnn2C)CCC1C(F)(F)F. The fraction of sp³-hybridized carbons (Fsp3) is 0.667. The zero-order valence-electron chi connectivity index (χ0n) is 13.6. The van der Waals surface area contributed by atoms with Gasteiger partial charge in [0.25, 0.3) is 0 Å². The number of halogens is 3. The van der Waals surface area contributed by atoms with Gasteiger partial charge in [0.1, 0.15) is 6.04 Å². The first kappa shape index (κ1) is 18.3. The number of rotatable bonds is 4. The van der Waals surface area contributed by atoms with Crippen LogP contribution in [0, 0.1) is 0 Å². The van der Waals surface area contributed by atoms with Crippen LogP contribution in [0.1, 0.15) is 31.9 Å². The summed E-state index contributed by atoms with van der Waals surface area (Å²) in [4.78, 5) is 24.3. The molecule has 2 heterocycles. The van der Waals surface area contributed by atoms with E-state index in [1.165, 1.54) is 0 Å². The Hall–Kier alpha value is -2.06. The lowest BCUT2D eigenvalue weighted by Gasteiger charge is -2.40. The van der Waals surface area contributed by atoms with Crippen LogP contribution < -0.4 is 5.32 Å². The molecule has 2 atom stereocenters. The molecule has 24 heavy (non-hydrogen) atoms. The van der Waals surface area contributed by atoms with Crippen LogP contribution in [0.25, 0.3) is 0 Å². The van der Waals surface area contributed by atoms with E-state index in [4.69, 9.17) is 0 Å². The Kier molecular flexibility index (Phi) is 5.51. The summed E-state index contributed by atoms with van der Waals surface area (Å²) in [6, 6.07) is -0.414. The van der Waals surface area contributed by atoms with Crippen LogP contribution >= 0.6 is 0 Å². The maximum absolute atomic E-state index is 13.0. The fourth-order valence-corrected chi connectivity index (χ4v) is 2.97. The number of nitrogens with zero attached hydrogens (tertiary/aromatic N) is 3. The number of carbonyl (C=O) groups excluding carboxylic acids is 2. The third-order valence-corrected chi connectivity index (χ3v) is 4.26. The second kappa shape index (κ2) is 7.23. The number of likely N-dealkylation sites (tertiary alicyclic amines) is 1. The second-order valence-electron chi connectivity index (χ2n) is 6.02. The largest absolute Gasteiger partial charge is 0.408 e. The number of aryl methyl sites for hydroxylation is 2. The minimum absolute atomic E-state index is 0.114. The number of nitrogens with one attached hydrogen (secondary N) is 1. The average molecular weight is 346 g/mol. The highest BCUT2D eigenvalue weighted by atomic mass is 19.4. The monoisotopic (exact) mass is 346 g/mol. The predicted octanol–water partition coefficient (Wildman–Crippen LogP) is 1.41.